The summed E-state index contributed by atoms with van der Waals surface area (Å²) in [7, 11) is 0. The van der Waals surface area contributed by atoms with Crippen molar-refractivity contribution in [3.63, 3.8) is 0 Å². The van der Waals surface area contributed by atoms with E-state index < -0.39 is 5.82 Å². The molecule has 0 amide bonds. The van der Waals surface area contributed by atoms with Crippen LogP contribution >= 0.6 is 11.6 Å². The van der Waals surface area contributed by atoms with E-state index in [1.807, 2.05) is 12.1 Å². The SMILES string of the molecule is OCCCNc1nc(Nc2c(F)cccc2Cl)cc(-c2ccncc2)n1. The zero-order valence-electron chi connectivity index (χ0n) is 13.8. The second kappa shape index (κ2) is 8.55. The minimum atomic E-state index is -0.476. The van der Waals surface area contributed by atoms with Crippen LogP contribution in [0.15, 0.2) is 48.8 Å². The minimum absolute atomic E-state index is 0.0625. The van der Waals surface area contributed by atoms with Crippen LogP contribution in [0.4, 0.5) is 21.8 Å². The largest absolute Gasteiger partial charge is 0.396 e. The second-order valence-corrected chi connectivity index (χ2v) is 5.83. The van der Waals surface area contributed by atoms with Crippen LogP contribution in [-0.2, 0) is 0 Å². The zero-order chi connectivity index (χ0) is 18.4. The van der Waals surface area contributed by atoms with Crippen LogP contribution in [0.2, 0.25) is 5.02 Å². The molecule has 0 fully saturated rings. The van der Waals surface area contributed by atoms with Gasteiger partial charge in [-0.1, -0.05) is 17.7 Å². The predicted octanol–water partition coefficient (Wildman–Crippen LogP) is 3.87. The lowest BCUT2D eigenvalue weighted by atomic mass is 10.2. The Hall–Kier alpha value is -2.77. The van der Waals surface area contributed by atoms with E-state index in [9.17, 15) is 4.39 Å². The van der Waals surface area contributed by atoms with Gasteiger partial charge in [0, 0.05) is 37.2 Å². The number of aromatic nitrogens is 3. The number of rotatable bonds is 7. The molecule has 0 saturated carbocycles. The first-order valence-corrected chi connectivity index (χ1v) is 8.40. The highest BCUT2D eigenvalue weighted by atomic mass is 35.5. The topological polar surface area (TPSA) is 83.0 Å². The number of anilines is 3. The predicted molar refractivity (Wildman–Crippen MR) is 100 cm³/mol. The van der Waals surface area contributed by atoms with Crippen molar-refractivity contribution in [2.24, 2.45) is 0 Å². The van der Waals surface area contributed by atoms with Crippen LogP contribution in [0, 0.1) is 5.82 Å². The summed E-state index contributed by atoms with van der Waals surface area (Å²) < 4.78 is 14.1. The van der Waals surface area contributed by atoms with Crippen LogP contribution < -0.4 is 10.6 Å². The summed E-state index contributed by atoms with van der Waals surface area (Å²) in [6, 6.07) is 9.79. The Balaban J connectivity index is 1.96. The number of hydrogen-bond acceptors (Lipinski definition) is 6. The molecule has 1 aromatic carbocycles. The third-order valence-electron chi connectivity index (χ3n) is 3.54. The molecule has 0 aliphatic carbocycles. The molecule has 8 heteroatoms. The number of aliphatic hydroxyl groups excluding tert-OH is 1. The molecule has 3 N–H and O–H groups in total. The monoisotopic (exact) mass is 373 g/mol. The molecule has 0 bridgehead atoms. The minimum Gasteiger partial charge on any atom is -0.396 e. The molecule has 0 aliphatic heterocycles. The molecule has 3 aromatic rings. The molecule has 0 aliphatic rings. The summed E-state index contributed by atoms with van der Waals surface area (Å²) in [5, 5.41) is 15.1. The average Bonchev–Trinajstić information content (AvgIpc) is 2.66. The van der Waals surface area contributed by atoms with E-state index in [4.69, 9.17) is 16.7 Å². The van der Waals surface area contributed by atoms with Gasteiger partial charge >= 0.3 is 0 Å². The standard InChI is InChI=1S/C18H17ClFN5O/c19-13-3-1-4-14(20)17(13)24-16-11-15(12-5-8-21-9-6-12)23-18(25-16)22-7-2-10-26/h1,3-6,8-9,11,26H,2,7,10H2,(H2,22,23,24,25). The van der Waals surface area contributed by atoms with Gasteiger partial charge in [-0.25, -0.2) is 9.37 Å². The number of nitrogens with zero attached hydrogens (tertiary/aromatic N) is 3. The number of pyridine rings is 1. The molecule has 0 radical (unpaired) electrons. The van der Waals surface area contributed by atoms with Gasteiger partial charge in [-0.15, -0.1) is 0 Å². The third-order valence-corrected chi connectivity index (χ3v) is 3.85. The fourth-order valence-corrected chi connectivity index (χ4v) is 2.50. The first-order chi connectivity index (χ1) is 12.7. The van der Waals surface area contributed by atoms with Crippen molar-refractivity contribution in [2.75, 3.05) is 23.8 Å². The molecule has 2 heterocycles. The van der Waals surface area contributed by atoms with Crippen LogP contribution in [0.25, 0.3) is 11.3 Å². The molecule has 26 heavy (non-hydrogen) atoms. The van der Waals surface area contributed by atoms with Crippen LogP contribution in [0.3, 0.4) is 0 Å². The molecule has 134 valence electrons. The smallest absolute Gasteiger partial charge is 0.225 e. The lowest BCUT2D eigenvalue weighted by Gasteiger charge is -2.12. The number of para-hydroxylation sites is 1. The molecule has 0 spiro atoms. The maximum atomic E-state index is 14.1. The van der Waals surface area contributed by atoms with Crippen molar-refractivity contribution in [3.8, 4) is 11.3 Å². The van der Waals surface area contributed by atoms with E-state index in [0.717, 1.165) is 5.56 Å². The Labute approximate surface area is 155 Å². The van der Waals surface area contributed by atoms with Gasteiger partial charge in [0.2, 0.25) is 5.95 Å². The molecule has 6 nitrogen and oxygen atoms in total. The van der Waals surface area contributed by atoms with Crippen LogP contribution in [0.5, 0.6) is 0 Å². The lowest BCUT2D eigenvalue weighted by Crippen LogP contribution is -2.09. The lowest BCUT2D eigenvalue weighted by molar-refractivity contribution is 0.292. The molecule has 3 rings (SSSR count). The number of nitrogens with one attached hydrogen (secondary N) is 2. The summed E-state index contributed by atoms with van der Waals surface area (Å²) in [4.78, 5) is 12.8. The quantitative estimate of drug-likeness (QED) is 0.545. The van der Waals surface area contributed by atoms with Gasteiger partial charge in [-0.05, 0) is 30.7 Å². The Morgan fingerprint density at radius 1 is 1.12 bits per heavy atom. The first-order valence-electron chi connectivity index (χ1n) is 8.02. The maximum absolute atomic E-state index is 14.1. The van der Waals surface area contributed by atoms with Crippen LogP contribution in [-0.4, -0.2) is 33.2 Å². The Morgan fingerprint density at radius 2 is 1.92 bits per heavy atom. The van der Waals surface area contributed by atoms with Gasteiger partial charge in [0.25, 0.3) is 0 Å². The van der Waals surface area contributed by atoms with Gasteiger partial charge in [0.15, 0.2) is 0 Å². The van der Waals surface area contributed by atoms with Crippen LogP contribution in [0.1, 0.15) is 6.42 Å². The van der Waals surface area contributed by atoms with Crippen molar-refractivity contribution >= 4 is 29.1 Å². The molecule has 0 saturated heterocycles. The second-order valence-electron chi connectivity index (χ2n) is 5.42. The van der Waals surface area contributed by atoms with Gasteiger partial charge in [-0.2, -0.15) is 4.98 Å². The summed E-state index contributed by atoms with van der Waals surface area (Å²) >= 11 is 6.08. The Kier molecular flexibility index (Phi) is 5.93. The molecule has 0 atom stereocenters. The van der Waals surface area contributed by atoms with Gasteiger partial charge < -0.3 is 15.7 Å². The van der Waals surface area contributed by atoms with E-state index in [0.29, 0.717) is 30.4 Å². The summed E-state index contributed by atoms with van der Waals surface area (Å²) in [5.74, 6) is 0.282. The van der Waals surface area contributed by atoms with E-state index in [1.165, 1.54) is 12.1 Å². The van der Waals surface area contributed by atoms with E-state index >= 15 is 0 Å². The Bertz CT molecular complexity index is 858. The first kappa shape index (κ1) is 18.0. The molecule has 0 unspecified atom stereocenters. The van der Waals surface area contributed by atoms with Gasteiger partial charge in [0.05, 0.1) is 16.4 Å². The average molecular weight is 374 g/mol. The fraction of sp³-hybridized carbons (Fsp3) is 0.167. The highest BCUT2D eigenvalue weighted by molar-refractivity contribution is 6.33. The fourth-order valence-electron chi connectivity index (χ4n) is 2.29. The Morgan fingerprint density at radius 3 is 2.65 bits per heavy atom. The van der Waals surface area contributed by atoms with Crippen molar-refractivity contribution in [2.45, 2.75) is 6.42 Å². The van der Waals surface area contributed by atoms with E-state index in [1.54, 1.807) is 24.5 Å². The number of hydrogen-bond donors (Lipinski definition) is 3. The summed E-state index contributed by atoms with van der Waals surface area (Å²) in [6.45, 7) is 0.573. The van der Waals surface area contributed by atoms with E-state index in [2.05, 4.69) is 25.6 Å². The van der Waals surface area contributed by atoms with Crippen molar-refractivity contribution in [1.29, 1.82) is 0 Å². The van der Waals surface area contributed by atoms with Crippen molar-refractivity contribution < 1.29 is 9.50 Å². The van der Waals surface area contributed by atoms with Crippen molar-refractivity contribution in [1.82, 2.24) is 15.0 Å². The molecular formula is C18H17ClFN5O. The third kappa shape index (κ3) is 4.44. The molecule has 2 aromatic heterocycles. The number of benzene rings is 1. The highest BCUT2D eigenvalue weighted by Gasteiger charge is 2.11. The summed E-state index contributed by atoms with van der Waals surface area (Å²) in [5.41, 5.74) is 1.63. The normalized spacial score (nSPS) is 10.6. The zero-order valence-corrected chi connectivity index (χ0v) is 14.5. The summed E-state index contributed by atoms with van der Waals surface area (Å²) in [6.07, 6.45) is 3.89. The maximum Gasteiger partial charge on any atom is 0.225 e. The van der Waals surface area contributed by atoms with E-state index in [-0.39, 0.29) is 17.3 Å². The highest BCUT2D eigenvalue weighted by Crippen LogP contribution is 2.29. The molecular weight excluding hydrogens is 357 g/mol. The number of halogens is 2. The van der Waals surface area contributed by atoms with Gasteiger partial charge in [-0.3, -0.25) is 4.98 Å². The van der Waals surface area contributed by atoms with Gasteiger partial charge in [0.1, 0.15) is 11.6 Å². The number of aliphatic hydroxyl groups is 1. The van der Waals surface area contributed by atoms with Crippen molar-refractivity contribution in [3.05, 3.63) is 59.6 Å².